The number of hydrogen-bond acceptors (Lipinski definition) is 5. The van der Waals surface area contributed by atoms with Gasteiger partial charge >= 0.3 is 5.97 Å². The monoisotopic (exact) mass is 399 g/mol. The second-order valence-corrected chi connectivity index (χ2v) is 8.69. The molecular weight excluding hydrogens is 370 g/mol. The van der Waals surface area contributed by atoms with E-state index in [4.69, 9.17) is 9.26 Å². The molecule has 2 heterocycles. The van der Waals surface area contributed by atoms with Crippen LogP contribution in [0.1, 0.15) is 60.1 Å². The van der Waals surface area contributed by atoms with E-state index in [0.29, 0.717) is 28.8 Å². The van der Waals surface area contributed by atoms with Crippen LogP contribution < -0.4 is 5.32 Å². The van der Waals surface area contributed by atoms with E-state index in [1.54, 1.807) is 12.1 Å². The lowest BCUT2D eigenvalue weighted by molar-refractivity contribution is -0.125. The average Bonchev–Trinajstić information content (AvgIpc) is 3.45. The van der Waals surface area contributed by atoms with Crippen molar-refractivity contribution in [2.45, 2.75) is 59.4 Å². The molecule has 4 rings (SSSR count). The molecule has 2 aliphatic carbocycles. The first-order valence-corrected chi connectivity index (χ1v) is 10.4. The molecule has 7 nitrogen and oxygen atoms in total. The Balaban J connectivity index is 1.34. The minimum atomic E-state index is -0.507. The van der Waals surface area contributed by atoms with Gasteiger partial charge < -0.3 is 14.6 Å². The molecule has 2 saturated carbocycles. The molecule has 0 radical (unpaired) electrons. The highest BCUT2D eigenvalue weighted by Gasteiger charge is 2.42. The van der Waals surface area contributed by atoms with Gasteiger partial charge in [0.15, 0.2) is 12.4 Å². The average molecular weight is 399 g/mol. The number of esters is 1. The molecule has 0 spiro atoms. The Morgan fingerprint density at radius 3 is 2.69 bits per heavy atom. The van der Waals surface area contributed by atoms with Gasteiger partial charge in [-0.05, 0) is 70.8 Å². The lowest BCUT2D eigenvalue weighted by Crippen LogP contribution is -2.42. The van der Waals surface area contributed by atoms with Crippen molar-refractivity contribution < 1.29 is 18.8 Å². The van der Waals surface area contributed by atoms with Crippen LogP contribution in [-0.4, -0.2) is 34.2 Å². The summed E-state index contributed by atoms with van der Waals surface area (Å²) in [5.74, 6) is 2.70. The molecule has 0 unspecified atom stereocenters. The zero-order valence-electron chi connectivity index (χ0n) is 17.5. The lowest BCUT2D eigenvalue weighted by Gasteiger charge is -2.28. The Kier molecular flexibility index (Phi) is 5.23. The van der Waals surface area contributed by atoms with Crippen molar-refractivity contribution in [3.8, 4) is 5.82 Å². The third kappa shape index (κ3) is 3.82. The van der Waals surface area contributed by atoms with Gasteiger partial charge in [-0.1, -0.05) is 11.6 Å². The molecule has 2 fully saturated rings. The van der Waals surface area contributed by atoms with E-state index in [1.165, 1.54) is 25.7 Å². The number of nitrogens with zero attached hydrogens (tertiary/aromatic N) is 2. The number of amides is 1. The summed E-state index contributed by atoms with van der Waals surface area (Å²) in [6.07, 6.45) is 5.14. The summed E-state index contributed by atoms with van der Waals surface area (Å²) in [4.78, 5) is 24.9. The number of aromatic nitrogens is 2. The Morgan fingerprint density at radius 2 is 2.07 bits per heavy atom. The number of carbonyl (C=O) groups excluding carboxylic acids is 2. The summed E-state index contributed by atoms with van der Waals surface area (Å²) < 4.78 is 12.3. The van der Waals surface area contributed by atoms with Gasteiger partial charge in [-0.2, -0.15) is 0 Å². The van der Waals surface area contributed by atoms with E-state index >= 15 is 0 Å². The van der Waals surface area contributed by atoms with Crippen molar-refractivity contribution >= 4 is 11.9 Å². The van der Waals surface area contributed by atoms with E-state index in [-0.39, 0.29) is 18.6 Å². The molecule has 0 aliphatic heterocycles. The summed E-state index contributed by atoms with van der Waals surface area (Å²) in [5.41, 5.74) is 1.98. The highest BCUT2D eigenvalue weighted by atomic mass is 16.5. The van der Waals surface area contributed by atoms with Crippen molar-refractivity contribution in [3.05, 3.63) is 34.8 Å². The van der Waals surface area contributed by atoms with Crippen molar-refractivity contribution in [1.29, 1.82) is 0 Å². The third-order valence-corrected chi connectivity index (χ3v) is 6.65. The van der Waals surface area contributed by atoms with Gasteiger partial charge in [0.2, 0.25) is 0 Å². The first kappa shape index (κ1) is 19.7. The standard InChI is InChI=1S/C22H29N3O4/c1-12-7-19(15(4)25(12)20-8-13(2)29-24-20)22(27)28-11-21(26)23-14(3)18-10-16-5-6-17(18)9-16/h7-8,14,16-18H,5-6,9-11H2,1-4H3,(H,23,26)/t14-,16+,17+,18+/m1/s1. The molecule has 0 aromatic carbocycles. The van der Waals surface area contributed by atoms with Crippen molar-refractivity contribution in [3.63, 3.8) is 0 Å². The maximum absolute atomic E-state index is 12.6. The van der Waals surface area contributed by atoms with Crippen molar-refractivity contribution in [2.24, 2.45) is 17.8 Å². The fourth-order valence-corrected chi connectivity index (χ4v) is 5.30. The number of nitrogens with one attached hydrogen (secondary N) is 1. The first-order valence-electron chi connectivity index (χ1n) is 10.4. The molecule has 4 atom stereocenters. The number of fused-ring (bicyclic) bond motifs is 2. The van der Waals surface area contributed by atoms with Crippen molar-refractivity contribution in [2.75, 3.05) is 6.61 Å². The fraction of sp³-hybridized carbons (Fsp3) is 0.591. The predicted molar refractivity (Wildman–Crippen MR) is 107 cm³/mol. The minimum Gasteiger partial charge on any atom is -0.452 e. The van der Waals surface area contributed by atoms with Gasteiger partial charge in [0.1, 0.15) is 5.76 Å². The second-order valence-electron chi connectivity index (χ2n) is 8.69. The molecule has 1 amide bonds. The molecule has 2 aromatic rings. The van der Waals surface area contributed by atoms with Crippen LogP contribution in [0.15, 0.2) is 16.7 Å². The van der Waals surface area contributed by atoms with Gasteiger partial charge in [0.25, 0.3) is 5.91 Å². The molecule has 1 N–H and O–H groups in total. The molecule has 2 aliphatic rings. The third-order valence-electron chi connectivity index (χ3n) is 6.65. The Hall–Kier alpha value is -2.57. The van der Waals surface area contributed by atoms with Crippen molar-refractivity contribution in [1.82, 2.24) is 15.0 Å². The second kappa shape index (κ2) is 7.69. The maximum atomic E-state index is 12.6. The highest BCUT2D eigenvalue weighted by Crippen LogP contribution is 2.49. The lowest BCUT2D eigenvalue weighted by atomic mass is 9.84. The van der Waals surface area contributed by atoms with Gasteiger partial charge in [-0.3, -0.25) is 9.36 Å². The first-order chi connectivity index (χ1) is 13.8. The normalized spacial score (nSPS) is 23.9. The minimum absolute atomic E-state index is 0.122. The van der Waals surface area contributed by atoms with E-state index in [1.807, 2.05) is 25.3 Å². The Bertz CT molecular complexity index is 929. The van der Waals surface area contributed by atoms with Crippen LogP contribution in [0.25, 0.3) is 5.82 Å². The van der Waals surface area contributed by atoms with E-state index in [9.17, 15) is 9.59 Å². The summed E-state index contributed by atoms with van der Waals surface area (Å²) in [6, 6.07) is 3.67. The van der Waals surface area contributed by atoms with E-state index < -0.39 is 5.97 Å². The van der Waals surface area contributed by atoms with Gasteiger partial charge in [-0.15, -0.1) is 0 Å². The zero-order valence-corrected chi connectivity index (χ0v) is 17.5. The predicted octanol–water partition coefficient (Wildman–Crippen LogP) is 3.49. The topological polar surface area (TPSA) is 86.4 Å². The van der Waals surface area contributed by atoms with Crippen LogP contribution >= 0.6 is 0 Å². The van der Waals surface area contributed by atoms with Gasteiger partial charge in [0, 0.05) is 23.5 Å². The van der Waals surface area contributed by atoms with Crippen LogP contribution in [-0.2, 0) is 9.53 Å². The quantitative estimate of drug-likeness (QED) is 0.752. The number of ether oxygens (including phenoxy) is 1. The summed E-state index contributed by atoms with van der Waals surface area (Å²) in [7, 11) is 0. The smallest absolute Gasteiger partial charge is 0.340 e. The molecular formula is C22H29N3O4. The fourth-order valence-electron chi connectivity index (χ4n) is 5.30. The van der Waals surface area contributed by atoms with Crippen LogP contribution in [0.5, 0.6) is 0 Å². The molecule has 2 aromatic heterocycles. The molecule has 2 bridgehead atoms. The Morgan fingerprint density at radius 1 is 1.28 bits per heavy atom. The van der Waals surface area contributed by atoms with E-state index in [2.05, 4.69) is 17.4 Å². The number of hydrogen-bond donors (Lipinski definition) is 1. The summed E-state index contributed by atoms with van der Waals surface area (Å²) in [5, 5.41) is 7.04. The zero-order chi connectivity index (χ0) is 20.7. The van der Waals surface area contributed by atoms with Crippen LogP contribution in [0.4, 0.5) is 0 Å². The summed E-state index contributed by atoms with van der Waals surface area (Å²) in [6.45, 7) is 7.33. The molecule has 29 heavy (non-hydrogen) atoms. The molecule has 156 valence electrons. The van der Waals surface area contributed by atoms with E-state index in [0.717, 1.165) is 17.5 Å². The van der Waals surface area contributed by atoms with Crippen LogP contribution in [0, 0.1) is 38.5 Å². The van der Waals surface area contributed by atoms with Gasteiger partial charge in [-0.25, -0.2) is 4.79 Å². The highest BCUT2D eigenvalue weighted by molar-refractivity contribution is 5.93. The maximum Gasteiger partial charge on any atom is 0.340 e. The van der Waals surface area contributed by atoms with Crippen LogP contribution in [0.2, 0.25) is 0 Å². The number of carbonyl (C=O) groups is 2. The van der Waals surface area contributed by atoms with Crippen LogP contribution in [0.3, 0.4) is 0 Å². The summed E-state index contributed by atoms with van der Waals surface area (Å²) >= 11 is 0. The largest absolute Gasteiger partial charge is 0.452 e. The number of rotatable bonds is 6. The SMILES string of the molecule is Cc1cc(-n2c(C)cc(C(=O)OCC(=O)N[C@H](C)[C@@H]3C[C@H]4CC[C@H]3C4)c2C)no1. The molecule has 0 saturated heterocycles. The Labute approximate surface area is 170 Å². The van der Waals surface area contributed by atoms with Gasteiger partial charge in [0.05, 0.1) is 5.56 Å². The molecule has 7 heteroatoms. The number of aryl methyl sites for hydroxylation is 2.